The minimum absolute atomic E-state index is 0.586. The van der Waals surface area contributed by atoms with Crippen LogP contribution in [0, 0.1) is 13.8 Å². The maximum Gasteiger partial charge on any atom is 0.125 e. The minimum Gasteiger partial charge on any atom is -0.493 e. The molecule has 0 amide bonds. The Kier molecular flexibility index (Phi) is 11.3. The summed E-state index contributed by atoms with van der Waals surface area (Å²) in [5.41, 5.74) is 4.57. The topological polar surface area (TPSA) is 49.3 Å². The summed E-state index contributed by atoms with van der Waals surface area (Å²) < 4.78 is 17.5. The van der Waals surface area contributed by atoms with E-state index in [9.17, 15) is 0 Å². The van der Waals surface area contributed by atoms with Gasteiger partial charge in [-0.2, -0.15) is 0 Å². The van der Waals surface area contributed by atoms with E-state index in [1.807, 2.05) is 31.2 Å². The van der Waals surface area contributed by atoms with Crippen LogP contribution in [-0.2, 0) is 22.6 Å². The Morgan fingerprint density at radius 1 is 0.903 bits per heavy atom. The first-order chi connectivity index (χ1) is 15.1. The molecule has 0 fully saturated rings. The van der Waals surface area contributed by atoms with Crippen LogP contribution in [0.5, 0.6) is 11.5 Å². The minimum atomic E-state index is 0.586. The largest absolute Gasteiger partial charge is 0.493 e. The zero-order chi connectivity index (χ0) is 22.3. The van der Waals surface area contributed by atoms with Crippen molar-refractivity contribution in [1.29, 1.82) is 0 Å². The average Bonchev–Trinajstić information content (AvgIpc) is 2.76. The Morgan fingerprint density at radius 2 is 1.58 bits per heavy atom. The number of unbranched alkanes of at least 4 members (excludes halogenated alkanes) is 1. The second-order valence-corrected chi connectivity index (χ2v) is 7.37. The highest BCUT2D eigenvalue weighted by Crippen LogP contribution is 2.28. The van der Waals surface area contributed by atoms with Crippen LogP contribution in [0.25, 0.3) is 0 Å². The first-order valence-corrected chi connectivity index (χ1v) is 10.8. The molecule has 168 valence electrons. The molecule has 0 radical (unpaired) electrons. The molecule has 0 N–H and O–H groups in total. The van der Waals surface area contributed by atoms with Crippen molar-refractivity contribution in [2.75, 3.05) is 26.9 Å². The van der Waals surface area contributed by atoms with Gasteiger partial charge in [0.15, 0.2) is 0 Å². The number of benzene rings is 2. The van der Waals surface area contributed by atoms with Crippen molar-refractivity contribution in [3.8, 4) is 11.5 Å². The summed E-state index contributed by atoms with van der Waals surface area (Å²) in [5, 5.41) is 3.75. The SMILES string of the molecule is C/C=C/COc1cc(C)c(OCCCCOCc2ccc(CC=NOC)cc2)c(C)c1. The number of allylic oxidation sites excluding steroid dienone is 1. The Balaban J connectivity index is 1.63. The molecule has 2 aromatic carbocycles. The fourth-order valence-corrected chi connectivity index (χ4v) is 3.12. The first-order valence-electron chi connectivity index (χ1n) is 10.8. The first kappa shape index (κ1) is 24.5. The predicted octanol–water partition coefficient (Wildman–Crippen LogP) is 5.81. The van der Waals surface area contributed by atoms with Gasteiger partial charge in [0.2, 0.25) is 0 Å². The number of nitrogens with zero attached hydrogens (tertiary/aromatic N) is 1. The van der Waals surface area contributed by atoms with Gasteiger partial charge in [0.05, 0.1) is 13.2 Å². The summed E-state index contributed by atoms with van der Waals surface area (Å²) >= 11 is 0. The predicted molar refractivity (Wildman–Crippen MR) is 126 cm³/mol. The van der Waals surface area contributed by atoms with Crippen molar-refractivity contribution in [3.63, 3.8) is 0 Å². The van der Waals surface area contributed by atoms with Gasteiger partial charge in [0.25, 0.3) is 0 Å². The van der Waals surface area contributed by atoms with E-state index in [1.54, 1.807) is 13.3 Å². The number of oxime groups is 1. The van der Waals surface area contributed by atoms with E-state index in [1.165, 1.54) is 11.1 Å². The molecular weight excluding hydrogens is 390 g/mol. The zero-order valence-electron chi connectivity index (χ0n) is 19.2. The Morgan fingerprint density at radius 3 is 2.26 bits per heavy atom. The second-order valence-electron chi connectivity index (χ2n) is 7.37. The zero-order valence-corrected chi connectivity index (χ0v) is 19.2. The number of ether oxygens (including phenoxy) is 3. The molecule has 0 aliphatic carbocycles. The van der Waals surface area contributed by atoms with Gasteiger partial charge in [-0.3, -0.25) is 0 Å². The van der Waals surface area contributed by atoms with Crippen LogP contribution in [0.3, 0.4) is 0 Å². The third-order valence-electron chi connectivity index (χ3n) is 4.74. The van der Waals surface area contributed by atoms with E-state index in [0.717, 1.165) is 48.5 Å². The van der Waals surface area contributed by atoms with Gasteiger partial charge in [-0.05, 0) is 68.0 Å². The van der Waals surface area contributed by atoms with E-state index >= 15 is 0 Å². The molecule has 0 spiro atoms. The number of hydrogen-bond donors (Lipinski definition) is 0. The quantitative estimate of drug-likeness (QED) is 0.166. The summed E-state index contributed by atoms with van der Waals surface area (Å²) in [7, 11) is 1.55. The molecule has 0 unspecified atom stereocenters. The normalized spacial score (nSPS) is 11.4. The van der Waals surface area contributed by atoms with Crippen molar-refractivity contribution < 1.29 is 19.0 Å². The van der Waals surface area contributed by atoms with E-state index in [2.05, 4.69) is 48.1 Å². The monoisotopic (exact) mass is 425 g/mol. The van der Waals surface area contributed by atoms with E-state index in [-0.39, 0.29) is 0 Å². The van der Waals surface area contributed by atoms with Crippen LogP contribution in [0.2, 0.25) is 0 Å². The van der Waals surface area contributed by atoms with Gasteiger partial charge < -0.3 is 19.0 Å². The van der Waals surface area contributed by atoms with Crippen LogP contribution in [0.1, 0.15) is 42.0 Å². The average molecular weight is 426 g/mol. The van der Waals surface area contributed by atoms with Crippen LogP contribution in [-0.4, -0.2) is 33.1 Å². The van der Waals surface area contributed by atoms with Crippen LogP contribution in [0.4, 0.5) is 0 Å². The fourth-order valence-electron chi connectivity index (χ4n) is 3.12. The van der Waals surface area contributed by atoms with Gasteiger partial charge in [-0.25, -0.2) is 0 Å². The molecule has 0 saturated carbocycles. The molecule has 0 heterocycles. The highest BCUT2D eigenvalue weighted by atomic mass is 16.6. The van der Waals surface area contributed by atoms with Gasteiger partial charge in [0.1, 0.15) is 25.2 Å². The van der Waals surface area contributed by atoms with Crippen LogP contribution < -0.4 is 9.47 Å². The van der Waals surface area contributed by atoms with E-state index in [4.69, 9.17) is 14.2 Å². The lowest BCUT2D eigenvalue weighted by Gasteiger charge is -2.14. The Hall–Kier alpha value is -2.79. The number of hydrogen-bond acceptors (Lipinski definition) is 5. The lowest BCUT2D eigenvalue weighted by Crippen LogP contribution is -2.04. The smallest absolute Gasteiger partial charge is 0.125 e. The maximum absolute atomic E-state index is 6.02. The summed E-state index contributed by atoms with van der Waals surface area (Å²) in [4.78, 5) is 4.67. The van der Waals surface area contributed by atoms with E-state index < -0.39 is 0 Å². The maximum atomic E-state index is 6.02. The summed E-state index contributed by atoms with van der Waals surface area (Å²) in [6.45, 7) is 8.72. The van der Waals surface area contributed by atoms with Gasteiger partial charge in [-0.1, -0.05) is 41.6 Å². The van der Waals surface area contributed by atoms with Gasteiger partial charge >= 0.3 is 0 Å². The lowest BCUT2D eigenvalue weighted by molar-refractivity contribution is 0.113. The summed E-state index contributed by atoms with van der Waals surface area (Å²) in [6, 6.07) is 12.4. The highest BCUT2D eigenvalue weighted by molar-refractivity contribution is 5.60. The third-order valence-corrected chi connectivity index (χ3v) is 4.74. The van der Waals surface area contributed by atoms with Crippen molar-refractivity contribution in [2.45, 2.75) is 46.6 Å². The van der Waals surface area contributed by atoms with Crippen molar-refractivity contribution >= 4 is 6.21 Å². The molecule has 0 atom stereocenters. The molecule has 0 bridgehead atoms. The molecule has 0 aliphatic heterocycles. The molecule has 2 aromatic rings. The second kappa shape index (κ2) is 14.3. The highest BCUT2D eigenvalue weighted by Gasteiger charge is 2.07. The Labute approximate surface area is 186 Å². The number of aryl methyl sites for hydroxylation is 2. The lowest BCUT2D eigenvalue weighted by atomic mass is 10.1. The molecule has 2 rings (SSSR count). The van der Waals surface area contributed by atoms with Crippen LogP contribution in [0.15, 0.2) is 53.7 Å². The van der Waals surface area contributed by atoms with Gasteiger partial charge in [0, 0.05) is 19.2 Å². The van der Waals surface area contributed by atoms with E-state index in [0.29, 0.717) is 19.8 Å². The van der Waals surface area contributed by atoms with Crippen molar-refractivity contribution in [2.24, 2.45) is 5.16 Å². The van der Waals surface area contributed by atoms with Crippen molar-refractivity contribution in [1.82, 2.24) is 0 Å². The summed E-state index contributed by atoms with van der Waals surface area (Å²) in [5.74, 6) is 1.83. The number of rotatable bonds is 14. The summed E-state index contributed by atoms with van der Waals surface area (Å²) in [6.07, 6.45) is 8.41. The van der Waals surface area contributed by atoms with Gasteiger partial charge in [-0.15, -0.1) is 0 Å². The molecule has 5 nitrogen and oxygen atoms in total. The Bertz CT molecular complexity index is 805. The molecular formula is C26H35NO4. The fraction of sp³-hybridized carbons (Fsp3) is 0.423. The van der Waals surface area contributed by atoms with Crippen molar-refractivity contribution in [3.05, 3.63) is 70.8 Å². The third kappa shape index (κ3) is 9.26. The molecule has 0 saturated heterocycles. The molecule has 0 aliphatic rings. The molecule has 0 aromatic heterocycles. The standard InChI is InChI=1S/C26H35NO4/c1-5-6-16-30-25-18-21(2)26(22(3)19-25)31-17-8-7-15-29-20-24-11-9-23(10-12-24)13-14-27-28-4/h5-6,9-12,14,18-19H,7-8,13,15-17,20H2,1-4H3/b6-5+,27-14?. The molecule has 31 heavy (non-hydrogen) atoms. The van der Waals surface area contributed by atoms with Crippen LogP contribution >= 0.6 is 0 Å². The molecule has 5 heteroatoms.